The number of carbonyl (C=O) groups excluding carboxylic acids is 1. The second-order valence-corrected chi connectivity index (χ2v) is 7.23. The van der Waals surface area contributed by atoms with Gasteiger partial charge in [0.15, 0.2) is 0 Å². The summed E-state index contributed by atoms with van der Waals surface area (Å²) in [5.41, 5.74) is 0.879. The number of hydrogen-bond donors (Lipinski definition) is 2. The van der Waals surface area contributed by atoms with E-state index in [2.05, 4.69) is 65.3 Å². The van der Waals surface area contributed by atoms with Crippen LogP contribution in [-0.2, 0) is 4.79 Å². The summed E-state index contributed by atoms with van der Waals surface area (Å²) in [4.78, 5) is 12.0. The highest BCUT2D eigenvalue weighted by Crippen LogP contribution is 2.34. The second kappa shape index (κ2) is 9.05. The van der Waals surface area contributed by atoms with Gasteiger partial charge in [-0.05, 0) is 57.3 Å². The average Bonchev–Trinajstić information content (AvgIpc) is 2.38. The minimum absolute atomic E-state index is 0.0165. The Kier molecular flexibility index (Phi) is 8.14. The molecule has 0 aliphatic carbocycles. The number of unbranched alkanes of at least 4 members (excludes halogenated alkanes) is 2. The fourth-order valence-electron chi connectivity index (χ4n) is 1.70. The zero-order valence-electron chi connectivity index (χ0n) is 11.6. The van der Waals surface area contributed by atoms with Crippen molar-refractivity contribution < 1.29 is 4.79 Å². The first-order chi connectivity index (χ1) is 9.45. The van der Waals surface area contributed by atoms with Crippen LogP contribution in [0.15, 0.2) is 25.6 Å². The second-order valence-electron chi connectivity index (χ2n) is 4.61. The van der Waals surface area contributed by atoms with Crippen LogP contribution < -0.4 is 10.6 Å². The van der Waals surface area contributed by atoms with Gasteiger partial charge in [-0.3, -0.25) is 4.79 Å². The Bertz CT molecular complexity index is 443. The van der Waals surface area contributed by atoms with Crippen molar-refractivity contribution in [3.05, 3.63) is 25.6 Å². The van der Waals surface area contributed by atoms with Gasteiger partial charge in [0.1, 0.15) is 6.04 Å². The van der Waals surface area contributed by atoms with Crippen molar-refractivity contribution in [1.29, 1.82) is 0 Å². The Hall–Kier alpha value is -0.0700. The van der Waals surface area contributed by atoms with Crippen LogP contribution >= 0.6 is 47.8 Å². The molecule has 6 heteroatoms. The Morgan fingerprint density at radius 3 is 2.35 bits per heavy atom. The topological polar surface area (TPSA) is 41.1 Å². The number of amides is 1. The van der Waals surface area contributed by atoms with E-state index in [4.69, 9.17) is 0 Å². The molecule has 1 aromatic carbocycles. The maximum Gasteiger partial charge on any atom is 0.242 e. The third-order valence-electron chi connectivity index (χ3n) is 2.84. The highest BCUT2D eigenvalue weighted by molar-refractivity contribution is 9.11. The van der Waals surface area contributed by atoms with E-state index in [0.29, 0.717) is 0 Å². The number of rotatable bonds is 7. The summed E-state index contributed by atoms with van der Waals surface area (Å²) in [5.74, 6) is 0.0165. The number of anilines is 1. The van der Waals surface area contributed by atoms with E-state index in [1.165, 1.54) is 0 Å². The molecule has 20 heavy (non-hydrogen) atoms. The van der Waals surface area contributed by atoms with Crippen molar-refractivity contribution in [2.45, 2.75) is 39.2 Å². The predicted octanol–water partition coefficient (Wildman–Crippen LogP) is 5.08. The summed E-state index contributed by atoms with van der Waals surface area (Å²) in [6, 6.07) is 3.60. The van der Waals surface area contributed by atoms with E-state index in [1.54, 1.807) is 0 Å². The lowest BCUT2D eigenvalue weighted by Crippen LogP contribution is -2.38. The van der Waals surface area contributed by atoms with Crippen LogP contribution in [0.25, 0.3) is 0 Å². The lowest BCUT2D eigenvalue weighted by atomic mass is 10.2. The molecular weight excluding hydrogens is 452 g/mol. The summed E-state index contributed by atoms with van der Waals surface area (Å²) in [5, 5.41) is 6.17. The maximum atomic E-state index is 12.0. The molecule has 1 unspecified atom stereocenters. The molecule has 112 valence electrons. The fraction of sp³-hybridized carbons (Fsp3) is 0.500. The predicted molar refractivity (Wildman–Crippen MR) is 95.2 cm³/mol. The summed E-state index contributed by atoms with van der Waals surface area (Å²) in [6.07, 6.45) is 3.33. The van der Waals surface area contributed by atoms with Gasteiger partial charge in [0.25, 0.3) is 0 Å². The molecule has 0 saturated carbocycles. The first-order valence-electron chi connectivity index (χ1n) is 6.64. The Balaban J connectivity index is 2.57. The number of hydrogen-bond acceptors (Lipinski definition) is 2. The van der Waals surface area contributed by atoms with Gasteiger partial charge < -0.3 is 10.6 Å². The molecule has 1 aromatic rings. The van der Waals surface area contributed by atoms with Crippen LogP contribution in [0, 0.1) is 0 Å². The number of carbonyl (C=O) groups is 1. The maximum absolute atomic E-state index is 12.0. The quantitative estimate of drug-likeness (QED) is 0.545. The summed E-state index contributed by atoms with van der Waals surface area (Å²) >= 11 is 10.4. The molecule has 1 rings (SSSR count). The van der Waals surface area contributed by atoms with Crippen LogP contribution in [0.5, 0.6) is 0 Å². The monoisotopic (exact) mass is 468 g/mol. The third-order valence-corrected chi connectivity index (χ3v) is 4.55. The molecule has 0 bridgehead atoms. The molecule has 0 aliphatic heterocycles. The van der Waals surface area contributed by atoms with Gasteiger partial charge in [-0.25, -0.2) is 0 Å². The molecule has 0 spiro atoms. The molecule has 0 saturated heterocycles. The minimum Gasteiger partial charge on any atom is -0.372 e. The van der Waals surface area contributed by atoms with Gasteiger partial charge in [-0.15, -0.1) is 0 Å². The first kappa shape index (κ1) is 18.0. The van der Waals surface area contributed by atoms with Gasteiger partial charge in [-0.1, -0.05) is 35.7 Å². The van der Waals surface area contributed by atoms with Crippen molar-refractivity contribution in [2.24, 2.45) is 0 Å². The van der Waals surface area contributed by atoms with Crippen molar-refractivity contribution in [3.8, 4) is 0 Å². The van der Waals surface area contributed by atoms with Crippen LogP contribution in [0.1, 0.15) is 33.1 Å². The fourth-order valence-corrected chi connectivity index (χ4v) is 4.19. The van der Waals surface area contributed by atoms with Crippen LogP contribution in [0.4, 0.5) is 5.69 Å². The zero-order valence-corrected chi connectivity index (χ0v) is 16.4. The molecular formula is C14H19Br3N2O. The molecule has 0 fully saturated rings. The number of halogens is 3. The average molecular weight is 471 g/mol. The van der Waals surface area contributed by atoms with E-state index >= 15 is 0 Å². The van der Waals surface area contributed by atoms with Crippen molar-refractivity contribution in [2.75, 3.05) is 11.9 Å². The third kappa shape index (κ3) is 5.74. The van der Waals surface area contributed by atoms with Gasteiger partial charge in [-0.2, -0.15) is 0 Å². The minimum atomic E-state index is -0.287. The highest BCUT2D eigenvalue weighted by Gasteiger charge is 2.15. The van der Waals surface area contributed by atoms with Crippen molar-refractivity contribution >= 4 is 59.4 Å². The SMILES string of the molecule is CCCCCNC(=O)C(C)Nc1c(Br)cc(Br)cc1Br. The molecule has 0 aliphatic rings. The smallest absolute Gasteiger partial charge is 0.242 e. The normalized spacial score (nSPS) is 12.1. The largest absolute Gasteiger partial charge is 0.372 e. The van der Waals surface area contributed by atoms with E-state index in [1.807, 2.05) is 19.1 Å². The molecule has 0 heterocycles. The lowest BCUT2D eigenvalue weighted by Gasteiger charge is -2.18. The first-order valence-corrected chi connectivity index (χ1v) is 9.02. The standard InChI is InChI=1S/C14H19Br3N2O/c1-3-4-5-6-18-14(20)9(2)19-13-11(16)7-10(15)8-12(13)17/h7-9,19H,3-6H2,1-2H3,(H,18,20). The van der Waals surface area contributed by atoms with Gasteiger partial charge in [0.05, 0.1) is 5.69 Å². The molecule has 1 amide bonds. The van der Waals surface area contributed by atoms with Gasteiger partial charge in [0, 0.05) is 20.0 Å². The van der Waals surface area contributed by atoms with Crippen molar-refractivity contribution in [1.82, 2.24) is 5.32 Å². The van der Waals surface area contributed by atoms with Gasteiger partial charge in [0.2, 0.25) is 5.91 Å². The summed E-state index contributed by atoms with van der Waals surface area (Å²) in [6.45, 7) is 4.74. The van der Waals surface area contributed by atoms with Gasteiger partial charge >= 0.3 is 0 Å². The Morgan fingerprint density at radius 2 is 1.80 bits per heavy atom. The van der Waals surface area contributed by atoms with Crippen LogP contribution in [0.2, 0.25) is 0 Å². The van der Waals surface area contributed by atoms with Crippen LogP contribution in [0.3, 0.4) is 0 Å². The van der Waals surface area contributed by atoms with Crippen molar-refractivity contribution in [3.63, 3.8) is 0 Å². The summed E-state index contributed by atoms with van der Waals surface area (Å²) < 4.78 is 2.78. The van der Waals surface area contributed by atoms with E-state index in [-0.39, 0.29) is 11.9 Å². The van der Waals surface area contributed by atoms with E-state index in [9.17, 15) is 4.79 Å². The molecule has 3 nitrogen and oxygen atoms in total. The molecule has 0 radical (unpaired) electrons. The Morgan fingerprint density at radius 1 is 1.20 bits per heavy atom. The number of benzene rings is 1. The highest BCUT2D eigenvalue weighted by atomic mass is 79.9. The Labute approximate surface area is 145 Å². The van der Waals surface area contributed by atoms with E-state index in [0.717, 1.165) is 44.9 Å². The molecule has 2 N–H and O–H groups in total. The summed E-state index contributed by atoms with van der Waals surface area (Å²) in [7, 11) is 0. The lowest BCUT2D eigenvalue weighted by molar-refractivity contribution is -0.121. The number of nitrogens with one attached hydrogen (secondary N) is 2. The van der Waals surface area contributed by atoms with E-state index < -0.39 is 0 Å². The molecule has 0 aromatic heterocycles. The zero-order chi connectivity index (χ0) is 15.1. The molecule has 1 atom stereocenters. The van der Waals surface area contributed by atoms with Crippen LogP contribution in [-0.4, -0.2) is 18.5 Å².